The monoisotopic (exact) mass is 349 g/mol. The van der Waals surface area contributed by atoms with Crippen LogP contribution in [0.1, 0.15) is 10.4 Å². The van der Waals surface area contributed by atoms with Gasteiger partial charge in [0.15, 0.2) is 9.84 Å². The molecule has 1 aliphatic heterocycles. The van der Waals surface area contributed by atoms with Crippen LogP contribution in [0, 0.1) is 11.6 Å². The SMILES string of the molecule is O=C(c1c(F)cccc1F)N(c1ccccc1)[C@H]1C=CS(=O)(=O)C1. The highest BCUT2D eigenvalue weighted by atomic mass is 32.2. The fourth-order valence-corrected chi connectivity index (χ4v) is 3.86. The van der Waals surface area contributed by atoms with E-state index in [4.69, 9.17) is 0 Å². The summed E-state index contributed by atoms with van der Waals surface area (Å²) in [5.74, 6) is -3.25. The number of carbonyl (C=O) groups excluding carboxylic acids is 1. The number of hydrogen-bond acceptors (Lipinski definition) is 3. The molecule has 4 nitrogen and oxygen atoms in total. The quantitative estimate of drug-likeness (QED) is 0.856. The third-order valence-corrected chi connectivity index (χ3v) is 5.05. The van der Waals surface area contributed by atoms with Gasteiger partial charge in [0.05, 0.1) is 11.8 Å². The number of nitrogens with zero attached hydrogens (tertiary/aromatic N) is 1. The highest BCUT2D eigenvalue weighted by Gasteiger charge is 2.34. The lowest BCUT2D eigenvalue weighted by Gasteiger charge is -2.28. The molecule has 0 fully saturated rings. The summed E-state index contributed by atoms with van der Waals surface area (Å²) in [7, 11) is -3.45. The van der Waals surface area contributed by atoms with Crippen LogP contribution in [0.2, 0.25) is 0 Å². The van der Waals surface area contributed by atoms with E-state index in [0.29, 0.717) is 5.69 Å². The van der Waals surface area contributed by atoms with Crippen LogP contribution in [-0.2, 0) is 9.84 Å². The Hall–Kier alpha value is -2.54. The first kappa shape index (κ1) is 16.3. The largest absolute Gasteiger partial charge is 0.300 e. The highest BCUT2D eigenvalue weighted by Crippen LogP contribution is 2.26. The molecule has 0 saturated carbocycles. The molecular formula is C17H13F2NO3S. The van der Waals surface area contributed by atoms with Crippen molar-refractivity contribution < 1.29 is 22.0 Å². The zero-order valence-electron chi connectivity index (χ0n) is 12.4. The lowest BCUT2D eigenvalue weighted by atomic mass is 10.1. The van der Waals surface area contributed by atoms with E-state index in [-0.39, 0.29) is 5.75 Å². The average Bonchev–Trinajstić information content (AvgIpc) is 2.88. The van der Waals surface area contributed by atoms with Gasteiger partial charge in [-0.25, -0.2) is 17.2 Å². The Labute approximate surface area is 137 Å². The maximum absolute atomic E-state index is 14.0. The molecule has 0 aliphatic carbocycles. The molecule has 0 aromatic heterocycles. The summed E-state index contributed by atoms with van der Waals surface area (Å²) in [6, 6.07) is 10.5. The van der Waals surface area contributed by atoms with Crippen molar-refractivity contribution in [3.05, 3.63) is 77.2 Å². The molecule has 124 valence electrons. The zero-order chi connectivity index (χ0) is 17.3. The molecule has 1 aliphatic rings. The van der Waals surface area contributed by atoms with Crippen LogP contribution in [0.25, 0.3) is 0 Å². The number of amides is 1. The van der Waals surface area contributed by atoms with Crippen molar-refractivity contribution >= 4 is 21.4 Å². The van der Waals surface area contributed by atoms with Gasteiger partial charge in [0.1, 0.15) is 17.2 Å². The lowest BCUT2D eigenvalue weighted by molar-refractivity contribution is 0.0975. The number of benzene rings is 2. The van der Waals surface area contributed by atoms with Crippen LogP contribution >= 0.6 is 0 Å². The molecule has 0 unspecified atom stereocenters. The summed E-state index contributed by atoms with van der Waals surface area (Å²) in [6.07, 6.45) is 1.35. The molecule has 0 N–H and O–H groups in total. The number of para-hydroxylation sites is 1. The van der Waals surface area contributed by atoms with Crippen molar-refractivity contribution in [2.45, 2.75) is 6.04 Å². The van der Waals surface area contributed by atoms with E-state index in [9.17, 15) is 22.0 Å². The Kier molecular flexibility index (Phi) is 4.19. The second-order valence-corrected chi connectivity index (χ2v) is 7.26. The first-order chi connectivity index (χ1) is 11.4. The van der Waals surface area contributed by atoms with Crippen molar-refractivity contribution in [2.24, 2.45) is 0 Å². The minimum atomic E-state index is -3.45. The summed E-state index contributed by atoms with van der Waals surface area (Å²) in [5, 5.41) is 1.01. The molecular weight excluding hydrogens is 336 g/mol. The molecule has 1 heterocycles. The van der Waals surface area contributed by atoms with Gasteiger partial charge in [-0.2, -0.15) is 0 Å². The van der Waals surface area contributed by atoms with Crippen LogP contribution in [0.15, 0.2) is 60.0 Å². The van der Waals surface area contributed by atoms with Gasteiger partial charge >= 0.3 is 0 Å². The van der Waals surface area contributed by atoms with Gasteiger partial charge in [-0.1, -0.05) is 24.3 Å². The third kappa shape index (κ3) is 3.07. The van der Waals surface area contributed by atoms with Crippen LogP contribution < -0.4 is 4.90 Å². The molecule has 2 aromatic carbocycles. The standard InChI is InChI=1S/C17H13F2NO3S/c18-14-7-4-8-15(19)16(14)17(21)20(12-5-2-1-3-6-12)13-9-10-24(22,23)11-13/h1-10,13H,11H2/t13-/m0/s1. The highest BCUT2D eigenvalue weighted by molar-refractivity contribution is 7.94. The molecule has 1 amide bonds. The third-order valence-electron chi connectivity index (χ3n) is 3.67. The maximum atomic E-state index is 14.0. The molecule has 0 spiro atoms. The fraction of sp³-hybridized carbons (Fsp3) is 0.118. The molecule has 3 rings (SSSR count). The van der Waals surface area contributed by atoms with Crippen molar-refractivity contribution in [3.8, 4) is 0 Å². The van der Waals surface area contributed by atoms with Crippen molar-refractivity contribution in [3.63, 3.8) is 0 Å². The molecule has 0 saturated heterocycles. The Bertz CT molecular complexity index is 890. The topological polar surface area (TPSA) is 54.5 Å². The Morgan fingerprint density at radius 1 is 1.00 bits per heavy atom. The lowest BCUT2D eigenvalue weighted by Crippen LogP contribution is -2.42. The van der Waals surface area contributed by atoms with Gasteiger partial charge in [0.25, 0.3) is 5.91 Å². The van der Waals surface area contributed by atoms with Crippen molar-refractivity contribution in [1.82, 2.24) is 0 Å². The summed E-state index contributed by atoms with van der Waals surface area (Å²) in [6.45, 7) is 0. The summed E-state index contributed by atoms with van der Waals surface area (Å²) in [5.41, 5.74) is -0.351. The Balaban J connectivity index is 2.09. The Morgan fingerprint density at radius 3 is 2.17 bits per heavy atom. The molecule has 0 radical (unpaired) electrons. The van der Waals surface area contributed by atoms with E-state index >= 15 is 0 Å². The molecule has 24 heavy (non-hydrogen) atoms. The van der Waals surface area contributed by atoms with Gasteiger partial charge in [-0.15, -0.1) is 0 Å². The van der Waals surface area contributed by atoms with Gasteiger partial charge in [-0.05, 0) is 30.3 Å². The number of carbonyl (C=O) groups is 1. The molecule has 1 atom stereocenters. The van der Waals surface area contributed by atoms with E-state index in [1.807, 2.05) is 0 Å². The first-order valence-electron chi connectivity index (χ1n) is 7.12. The second kappa shape index (κ2) is 6.16. The minimum Gasteiger partial charge on any atom is -0.300 e. The van der Waals surface area contributed by atoms with E-state index in [1.165, 1.54) is 6.08 Å². The fourth-order valence-electron chi connectivity index (χ4n) is 2.59. The van der Waals surface area contributed by atoms with Gasteiger partial charge < -0.3 is 4.90 Å². The second-order valence-electron chi connectivity index (χ2n) is 5.33. The molecule has 0 bridgehead atoms. The predicted octanol–water partition coefficient (Wildman–Crippen LogP) is 2.92. The first-order valence-corrected chi connectivity index (χ1v) is 8.84. The van der Waals surface area contributed by atoms with E-state index in [0.717, 1.165) is 28.5 Å². The zero-order valence-corrected chi connectivity index (χ0v) is 13.2. The minimum absolute atomic E-state index is 0.330. The van der Waals surface area contributed by atoms with Crippen molar-refractivity contribution in [1.29, 1.82) is 0 Å². The molecule has 2 aromatic rings. The number of rotatable bonds is 3. The van der Waals surface area contributed by atoms with Crippen molar-refractivity contribution in [2.75, 3.05) is 10.7 Å². The summed E-state index contributed by atoms with van der Waals surface area (Å²) < 4.78 is 51.4. The van der Waals surface area contributed by atoms with Crippen LogP contribution in [-0.4, -0.2) is 26.1 Å². The van der Waals surface area contributed by atoms with Gasteiger partial charge in [0.2, 0.25) is 0 Å². The number of anilines is 1. The van der Waals surface area contributed by atoms with Gasteiger partial charge in [-0.3, -0.25) is 4.79 Å². The molecule has 7 heteroatoms. The number of sulfone groups is 1. The van der Waals surface area contributed by atoms with E-state index in [1.54, 1.807) is 30.3 Å². The van der Waals surface area contributed by atoms with Crippen LogP contribution in [0.5, 0.6) is 0 Å². The number of halogens is 2. The Morgan fingerprint density at radius 2 is 1.62 bits per heavy atom. The maximum Gasteiger partial charge on any atom is 0.264 e. The normalized spacial score (nSPS) is 18.5. The van der Waals surface area contributed by atoms with Crippen LogP contribution in [0.3, 0.4) is 0 Å². The smallest absolute Gasteiger partial charge is 0.264 e. The van der Waals surface area contributed by atoms with E-state index < -0.39 is 39.0 Å². The predicted molar refractivity (Wildman–Crippen MR) is 86.3 cm³/mol. The summed E-state index contributed by atoms with van der Waals surface area (Å²) in [4.78, 5) is 13.9. The van der Waals surface area contributed by atoms with Gasteiger partial charge in [0, 0.05) is 11.1 Å². The average molecular weight is 349 g/mol. The summed E-state index contributed by atoms with van der Waals surface area (Å²) >= 11 is 0. The van der Waals surface area contributed by atoms with E-state index in [2.05, 4.69) is 0 Å². The van der Waals surface area contributed by atoms with Crippen LogP contribution in [0.4, 0.5) is 14.5 Å². The number of hydrogen-bond donors (Lipinski definition) is 0.